The number of halogens is 2. The van der Waals surface area contributed by atoms with E-state index in [4.69, 9.17) is 0 Å². The minimum Gasteiger partial charge on any atom is -0.275 e. The molecule has 6 heteroatoms. The minimum atomic E-state index is -2.68. The summed E-state index contributed by atoms with van der Waals surface area (Å²) in [6.45, 7) is 3.11. The summed E-state index contributed by atoms with van der Waals surface area (Å²) in [5.41, 5.74) is -1.13. The highest BCUT2D eigenvalue weighted by atomic mass is 19.3. The van der Waals surface area contributed by atoms with Crippen molar-refractivity contribution in [3.05, 3.63) is 17.5 Å². The van der Waals surface area contributed by atoms with Crippen molar-refractivity contribution in [1.29, 1.82) is 0 Å². The maximum atomic E-state index is 12.6. The highest BCUT2D eigenvalue weighted by molar-refractivity contribution is 5.38. The Morgan fingerprint density at radius 2 is 2.20 bits per heavy atom. The van der Waals surface area contributed by atoms with Crippen LogP contribution in [-0.2, 0) is 17.4 Å². The molecule has 0 amide bonds. The first-order valence-corrected chi connectivity index (χ1v) is 4.29. The summed E-state index contributed by atoms with van der Waals surface area (Å²) in [6.07, 6.45) is 0.129. The highest BCUT2D eigenvalue weighted by Gasteiger charge is 2.29. The standard InChI is InChI=1S/C9H11F2N3O/c1-9(2,12-5-15)6-4-14(3)13-7(6)8(10)11/h4,8H,1-3H3. The molecule has 4 nitrogen and oxygen atoms in total. The van der Waals surface area contributed by atoms with Gasteiger partial charge >= 0.3 is 0 Å². The fourth-order valence-corrected chi connectivity index (χ4v) is 1.31. The van der Waals surface area contributed by atoms with E-state index in [9.17, 15) is 13.6 Å². The molecule has 0 aliphatic rings. The number of rotatable bonds is 3. The van der Waals surface area contributed by atoms with Crippen LogP contribution in [0.1, 0.15) is 31.5 Å². The number of isocyanates is 1. The predicted octanol–water partition coefficient (Wildman–Crippen LogP) is 1.93. The van der Waals surface area contributed by atoms with Crippen molar-refractivity contribution in [3.8, 4) is 0 Å². The summed E-state index contributed by atoms with van der Waals surface area (Å²) in [5.74, 6) is 0. The molecule has 0 aromatic carbocycles. The zero-order chi connectivity index (χ0) is 11.6. The molecule has 0 spiro atoms. The van der Waals surface area contributed by atoms with Crippen LogP contribution in [0.25, 0.3) is 0 Å². The third-order valence-electron chi connectivity index (χ3n) is 2.05. The first-order valence-electron chi connectivity index (χ1n) is 4.29. The van der Waals surface area contributed by atoms with Crippen LogP contribution in [0.4, 0.5) is 8.78 Å². The fraction of sp³-hybridized carbons (Fsp3) is 0.556. The predicted molar refractivity (Wildman–Crippen MR) is 49.3 cm³/mol. The smallest absolute Gasteiger partial charge is 0.275 e. The van der Waals surface area contributed by atoms with Gasteiger partial charge in [-0.15, -0.1) is 0 Å². The van der Waals surface area contributed by atoms with Crippen LogP contribution in [0.2, 0.25) is 0 Å². The average molecular weight is 215 g/mol. The second-order valence-corrected chi connectivity index (χ2v) is 3.66. The van der Waals surface area contributed by atoms with Crippen LogP contribution < -0.4 is 0 Å². The van der Waals surface area contributed by atoms with Crippen molar-refractivity contribution < 1.29 is 13.6 Å². The molecule has 0 fully saturated rings. The topological polar surface area (TPSA) is 47.2 Å². The number of aliphatic imine (C=N–C) groups is 1. The molecule has 0 unspecified atom stereocenters. The van der Waals surface area contributed by atoms with Gasteiger partial charge in [-0.1, -0.05) is 0 Å². The lowest BCUT2D eigenvalue weighted by Gasteiger charge is -2.16. The molecule has 82 valence electrons. The molecule has 0 aliphatic heterocycles. The summed E-state index contributed by atoms with van der Waals surface area (Å²) in [4.78, 5) is 13.7. The van der Waals surface area contributed by atoms with E-state index in [1.165, 1.54) is 24.0 Å². The van der Waals surface area contributed by atoms with Gasteiger partial charge < -0.3 is 0 Å². The van der Waals surface area contributed by atoms with E-state index in [1.807, 2.05) is 0 Å². The van der Waals surface area contributed by atoms with Crippen LogP contribution in [0.5, 0.6) is 0 Å². The lowest BCUT2D eigenvalue weighted by atomic mass is 9.96. The van der Waals surface area contributed by atoms with Crippen molar-refractivity contribution in [1.82, 2.24) is 9.78 Å². The Balaban J connectivity index is 3.29. The fourth-order valence-electron chi connectivity index (χ4n) is 1.31. The van der Waals surface area contributed by atoms with Gasteiger partial charge in [0.1, 0.15) is 5.69 Å². The van der Waals surface area contributed by atoms with Crippen LogP contribution in [0.3, 0.4) is 0 Å². The lowest BCUT2D eigenvalue weighted by molar-refractivity contribution is 0.142. The van der Waals surface area contributed by atoms with Gasteiger partial charge in [-0.05, 0) is 13.8 Å². The average Bonchev–Trinajstić information content (AvgIpc) is 2.47. The van der Waals surface area contributed by atoms with Crippen LogP contribution >= 0.6 is 0 Å². The molecule has 1 heterocycles. The zero-order valence-corrected chi connectivity index (χ0v) is 8.66. The second kappa shape index (κ2) is 3.90. The van der Waals surface area contributed by atoms with E-state index in [0.29, 0.717) is 0 Å². The monoisotopic (exact) mass is 215 g/mol. The molecule has 0 N–H and O–H groups in total. The van der Waals surface area contributed by atoms with E-state index in [-0.39, 0.29) is 11.3 Å². The van der Waals surface area contributed by atoms with Gasteiger partial charge in [0, 0.05) is 18.8 Å². The second-order valence-electron chi connectivity index (χ2n) is 3.66. The van der Waals surface area contributed by atoms with Crippen molar-refractivity contribution in [3.63, 3.8) is 0 Å². The maximum Gasteiger partial charge on any atom is 0.282 e. The number of aryl methyl sites for hydroxylation is 1. The third kappa shape index (κ3) is 2.27. The Labute approximate surface area is 85.6 Å². The zero-order valence-electron chi connectivity index (χ0n) is 8.66. The van der Waals surface area contributed by atoms with E-state index in [1.54, 1.807) is 13.8 Å². The van der Waals surface area contributed by atoms with Crippen LogP contribution in [-0.4, -0.2) is 15.9 Å². The molecular weight excluding hydrogens is 204 g/mol. The van der Waals surface area contributed by atoms with Gasteiger partial charge in [-0.25, -0.2) is 13.6 Å². The summed E-state index contributed by atoms with van der Waals surface area (Å²) < 4.78 is 26.5. The van der Waals surface area contributed by atoms with Crippen LogP contribution in [0, 0.1) is 0 Å². The van der Waals surface area contributed by atoms with Gasteiger partial charge in [-0.2, -0.15) is 10.1 Å². The Hall–Kier alpha value is -1.55. The van der Waals surface area contributed by atoms with Gasteiger partial charge in [0.15, 0.2) is 0 Å². The number of hydrogen-bond donors (Lipinski definition) is 0. The molecular formula is C9H11F2N3O. The molecule has 0 saturated heterocycles. The minimum absolute atomic E-state index is 0.239. The Morgan fingerprint density at radius 3 is 2.67 bits per heavy atom. The van der Waals surface area contributed by atoms with Crippen molar-refractivity contribution in [2.45, 2.75) is 25.8 Å². The molecule has 15 heavy (non-hydrogen) atoms. The van der Waals surface area contributed by atoms with Crippen molar-refractivity contribution >= 4 is 6.08 Å². The molecule has 1 aromatic rings. The van der Waals surface area contributed by atoms with Crippen molar-refractivity contribution in [2.75, 3.05) is 0 Å². The number of alkyl halides is 2. The Morgan fingerprint density at radius 1 is 1.60 bits per heavy atom. The molecule has 0 saturated carbocycles. The summed E-state index contributed by atoms with van der Waals surface area (Å²) in [6, 6.07) is 0. The summed E-state index contributed by atoms with van der Waals surface area (Å²) in [7, 11) is 1.54. The SMILES string of the molecule is Cn1cc(C(C)(C)N=C=O)c(C(F)F)n1. The largest absolute Gasteiger partial charge is 0.282 e. The van der Waals surface area contributed by atoms with Crippen LogP contribution in [0.15, 0.2) is 11.2 Å². The molecule has 1 rings (SSSR count). The number of carbonyl (C=O) groups excluding carboxylic acids is 1. The summed E-state index contributed by atoms with van der Waals surface area (Å²) in [5, 5.41) is 3.64. The molecule has 0 aliphatic carbocycles. The van der Waals surface area contributed by atoms with Gasteiger partial charge in [0.2, 0.25) is 6.08 Å². The maximum absolute atomic E-state index is 12.6. The van der Waals surface area contributed by atoms with Gasteiger partial charge in [-0.3, -0.25) is 4.68 Å². The quantitative estimate of drug-likeness (QED) is 0.571. The first-order chi connectivity index (χ1) is 6.88. The van der Waals surface area contributed by atoms with E-state index in [0.717, 1.165) is 0 Å². The number of hydrogen-bond acceptors (Lipinski definition) is 3. The number of nitrogens with zero attached hydrogens (tertiary/aromatic N) is 3. The number of aromatic nitrogens is 2. The molecule has 0 radical (unpaired) electrons. The van der Waals surface area contributed by atoms with E-state index in [2.05, 4.69) is 10.1 Å². The summed E-state index contributed by atoms with van der Waals surface area (Å²) >= 11 is 0. The normalized spacial score (nSPS) is 11.6. The van der Waals surface area contributed by atoms with E-state index >= 15 is 0 Å². The molecule has 0 atom stereocenters. The molecule has 0 bridgehead atoms. The highest BCUT2D eigenvalue weighted by Crippen LogP contribution is 2.31. The van der Waals surface area contributed by atoms with Gasteiger partial charge in [0.05, 0.1) is 5.54 Å². The van der Waals surface area contributed by atoms with Crippen molar-refractivity contribution in [2.24, 2.45) is 12.0 Å². The first kappa shape index (κ1) is 11.5. The Bertz CT molecular complexity index is 405. The third-order valence-corrected chi connectivity index (χ3v) is 2.05. The molecule has 1 aromatic heterocycles. The van der Waals surface area contributed by atoms with E-state index < -0.39 is 12.0 Å². The van der Waals surface area contributed by atoms with Gasteiger partial charge in [0.25, 0.3) is 6.43 Å². The Kier molecular flexibility index (Phi) is 3.00. The lowest BCUT2D eigenvalue weighted by Crippen LogP contribution is -2.15.